The minimum atomic E-state index is -1.48. The third-order valence-corrected chi connectivity index (χ3v) is 1.48. The van der Waals surface area contributed by atoms with Crippen LogP contribution in [-0.2, 0) is 9.59 Å². The standard InChI is InChI=1S/C9H13NO4/c1-3-6(11)5-7(12)9(14)10-8(13)4-2/h3-4,7,9,12,14H,1-2,5H2,(H,10,13). The zero-order chi connectivity index (χ0) is 11.1. The number of aliphatic hydroxyl groups excluding tert-OH is 2. The number of amides is 1. The topological polar surface area (TPSA) is 86.6 Å². The Morgan fingerprint density at radius 1 is 1.29 bits per heavy atom. The van der Waals surface area contributed by atoms with E-state index in [4.69, 9.17) is 5.11 Å². The Balaban J connectivity index is 4.04. The van der Waals surface area contributed by atoms with E-state index >= 15 is 0 Å². The van der Waals surface area contributed by atoms with Gasteiger partial charge in [-0.3, -0.25) is 9.59 Å². The molecule has 3 N–H and O–H groups in total. The minimum absolute atomic E-state index is 0.290. The van der Waals surface area contributed by atoms with Crippen LogP contribution in [0.1, 0.15) is 6.42 Å². The van der Waals surface area contributed by atoms with E-state index in [1.54, 1.807) is 0 Å². The van der Waals surface area contributed by atoms with Crippen molar-refractivity contribution in [3.05, 3.63) is 25.3 Å². The highest BCUT2D eigenvalue weighted by molar-refractivity contribution is 5.89. The van der Waals surface area contributed by atoms with Crippen LogP contribution in [0.4, 0.5) is 0 Å². The average Bonchev–Trinajstić information content (AvgIpc) is 2.17. The summed E-state index contributed by atoms with van der Waals surface area (Å²) in [6.07, 6.45) is -1.13. The van der Waals surface area contributed by atoms with Gasteiger partial charge in [0.25, 0.3) is 0 Å². The minimum Gasteiger partial charge on any atom is -0.388 e. The first kappa shape index (κ1) is 12.5. The predicted octanol–water partition coefficient (Wildman–Crippen LogP) is -0.887. The van der Waals surface area contributed by atoms with E-state index in [0.29, 0.717) is 0 Å². The zero-order valence-corrected chi connectivity index (χ0v) is 7.64. The van der Waals surface area contributed by atoms with Crippen LogP contribution in [0.5, 0.6) is 0 Å². The molecule has 2 unspecified atom stereocenters. The highest BCUT2D eigenvalue weighted by Crippen LogP contribution is 1.98. The lowest BCUT2D eigenvalue weighted by atomic mass is 10.1. The molecule has 0 aromatic carbocycles. The summed E-state index contributed by atoms with van der Waals surface area (Å²) in [5.74, 6) is -1.04. The number of aliphatic hydroxyl groups is 2. The molecule has 0 aliphatic rings. The Kier molecular flexibility index (Phi) is 5.43. The molecule has 0 aliphatic carbocycles. The second kappa shape index (κ2) is 6.06. The number of carbonyl (C=O) groups is 2. The Bertz CT molecular complexity index is 223. The van der Waals surface area contributed by atoms with Gasteiger partial charge in [0.15, 0.2) is 12.0 Å². The van der Waals surface area contributed by atoms with Crippen molar-refractivity contribution in [2.45, 2.75) is 18.8 Å². The van der Waals surface area contributed by atoms with Gasteiger partial charge in [-0.25, -0.2) is 0 Å². The molecule has 0 radical (unpaired) electrons. The molecule has 5 nitrogen and oxygen atoms in total. The highest BCUT2D eigenvalue weighted by Gasteiger charge is 2.19. The second-order valence-electron chi connectivity index (χ2n) is 2.60. The molecule has 0 aliphatic heterocycles. The molecule has 0 saturated carbocycles. The van der Waals surface area contributed by atoms with Crippen LogP contribution in [0.3, 0.4) is 0 Å². The molecule has 0 aromatic heterocycles. The monoisotopic (exact) mass is 199 g/mol. The van der Waals surface area contributed by atoms with Gasteiger partial charge in [-0.1, -0.05) is 13.2 Å². The first-order chi connectivity index (χ1) is 6.51. The number of hydrogen-bond acceptors (Lipinski definition) is 4. The van der Waals surface area contributed by atoms with Crippen LogP contribution in [0.2, 0.25) is 0 Å². The Hall–Kier alpha value is -1.46. The van der Waals surface area contributed by atoms with Crippen LogP contribution >= 0.6 is 0 Å². The molecule has 0 saturated heterocycles. The van der Waals surface area contributed by atoms with E-state index in [1.807, 2.05) is 5.32 Å². The molecule has 0 bridgehead atoms. The van der Waals surface area contributed by atoms with Gasteiger partial charge in [0, 0.05) is 6.42 Å². The van der Waals surface area contributed by atoms with Crippen molar-refractivity contribution >= 4 is 11.7 Å². The van der Waals surface area contributed by atoms with Crippen molar-refractivity contribution < 1.29 is 19.8 Å². The number of carbonyl (C=O) groups excluding carboxylic acids is 2. The van der Waals surface area contributed by atoms with Crippen LogP contribution in [-0.4, -0.2) is 34.2 Å². The van der Waals surface area contributed by atoms with Gasteiger partial charge in [-0.2, -0.15) is 0 Å². The normalized spacial score (nSPS) is 13.9. The van der Waals surface area contributed by atoms with Crippen LogP contribution < -0.4 is 5.32 Å². The quantitative estimate of drug-likeness (QED) is 0.382. The molecule has 2 atom stereocenters. The van der Waals surface area contributed by atoms with E-state index < -0.39 is 24.0 Å². The molecule has 0 fully saturated rings. The summed E-state index contributed by atoms with van der Waals surface area (Å²) >= 11 is 0. The fourth-order valence-electron chi connectivity index (χ4n) is 0.702. The van der Waals surface area contributed by atoms with Crippen LogP contribution in [0.15, 0.2) is 25.3 Å². The average molecular weight is 199 g/mol. The maximum Gasteiger partial charge on any atom is 0.245 e. The first-order valence-corrected chi connectivity index (χ1v) is 3.95. The van der Waals surface area contributed by atoms with Crippen molar-refractivity contribution in [2.24, 2.45) is 0 Å². The third-order valence-electron chi connectivity index (χ3n) is 1.48. The largest absolute Gasteiger partial charge is 0.388 e. The molecule has 1 amide bonds. The van der Waals surface area contributed by atoms with Gasteiger partial charge < -0.3 is 15.5 Å². The van der Waals surface area contributed by atoms with Gasteiger partial charge in [-0.05, 0) is 12.2 Å². The van der Waals surface area contributed by atoms with E-state index in [9.17, 15) is 14.7 Å². The summed E-state index contributed by atoms with van der Waals surface area (Å²) in [6, 6.07) is 0. The lowest BCUT2D eigenvalue weighted by Gasteiger charge is -2.16. The van der Waals surface area contributed by atoms with Gasteiger partial charge in [0.05, 0.1) is 0 Å². The Morgan fingerprint density at radius 3 is 2.29 bits per heavy atom. The third kappa shape index (κ3) is 4.54. The molecular formula is C9H13NO4. The lowest BCUT2D eigenvalue weighted by molar-refractivity contribution is -0.125. The summed E-state index contributed by atoms with van der Waals surface area (Å²) in [6.45, 7) is 6.37. The second-order valence-corrected chi connectivity index (χ2v) is 2.60. The van der Waals surface area contributed by atoms with Gasteiger partial charge in [0.2, 0.25) is 5.91 Å². The van der Waals surface area contributed by atoms with Crippen LogP contribution in [0.25, 0.3) is 0 Å². The van der Waals surface area contributed by atoms with Crippen molar-refractivity contribution in [1.82, 2.24) is 5.32 Å². The number of rotatable bonds is 6. The Labute approximate surface area is 81.7 Å². The molecular weight excluding hydrogens is 186 g/mol. The predicted molar refractivity (Wildman–Crippen MR) is 50.2 cm³/mol. The number of allylic oxidation sites excluding steroid dienone is 1. The molecule has 0 spiro atoms. The molecule has 14 heavy (non-hydrogen) atoms. The number of nitrogens with one attached hydrogen (secondary N) is 1. The molecule has 5 heteroatoms. The maximum atomic E-state index is 10.8. The van der Waals surface area contributed by atoms with Crippen molar-refractivity contribution in [3.8, 4) is 0 Å². The number of ketones is 1. The molecule has 0 rings (SSSR count). The van der Waals surface area contributed by atoms with Gasteiger partial charge in [-0.15, -0.1) is 0 Å². The van der Waals surface area contributed by atoms with Gasteiger partial charge in [0.1, 0.15) is 6.10 Å². The summed E-state index contributed by atoms with van der Waals surface area (Å²) in [7, 11) is 0. The van der Waals surface area contributed by atoms with Gasteiger partial charge >= 0.3 is 0 Å². The van der Waals surface area contributed by atoms with E-state index in [0.717, 1.165) is 12.2 Å². The molecule has 0 heterocycles. The summed E-state index contributed by atoms with van der Waals surface area (Å²) in [4.78, 5) is 21.4. The van der Waals surface area contributed by atoms with Crippen LogP contribution in [0, 0.1) is 0 Å². The fourth-order valence-corrected chi connectivity index (χ4v) is 0.702. The SMILES string of the molecule is C=CC(=O)CC(O)C(O)NC(=O)C=C. The summed E-state index contributed by atoms with van der Waals surface area (Å²) < 4.78 is 0. The number of hydrogen-bond donors (Lipinski definition) is 3. The van der Waals surface area contributed by atoms with Crippen molar-refractivity contribution in [3.63, 3.8) is 0 Å². The summed E-state index contributed by atoms with van der Waals surface area (Å²) in [5, 5.41) is 20.4. The maximum absolute atomic E-state index is 10.8. The van der Waals surface area contributed by atoms with E-state index in [-0.39, 0.29) is 6.42 Å². The first-order valence-electron chi connectivity index (χ1n) is 3.95. The van der Waals surface area contributed by atoms with Crippen molar-refractivity contribution in [2.75, 3.05) is 0 Å². The molecule has 78 valence electrons. The fraction of sp³-hybridized carbons (Fsp3) is 0.333. The van der Waals surface area contributed by atoms with Crippen molar-refractivity contribution in [1.29, 1.82) is 0 Å². The summed E-state index contributed by atoms with van der Waals surface area (Å²) in [5.41, 5.74) is 0. The Morgan fingerprint density at radius 2 is 1.86 bits per heavy atom. The van der Waals surface area contributed by atoms with E-state index in [1.165, 1.54) is 0 Å². The molecule has 0 aromatic rings. The van der Waals surface area contributed by atoms with E-state index in [2.05, 4.69) is 13.2 Å². The lowest BCUT2D eigenvalue weighted by Crippen LogP contribution is -2.43. The highest BCUT2D eigenvalue weighted by atomic mass is 16.3. The smallest absolute Gasteiger partial charge is 0.245 e. The zero-order valence-electron chi connectivity index (χ0n) is 7.64.